The third-order valence-electron chi connectivity index (χ3n) is 11.9. The van der Waals surface area contributed by atoms with Crippen LogP contribution in [0.15, 0.2) is 78.9 Å². The van der Waals surface area contributed by atoms with E-state index in [2.05, 4.69) is 137 Å². The summed E-state index contributed by atoms with van der Waals surface area (Å²) in [7, 11) is 0. The van der Waals surface area contributed by atoms with Crippen molar-refractivity contribution < 1.29 is 46.1 Å². The van der Waals surface area contributed by atoms with E-state index in [1.807, 2.05) is 32.9 Å². The van der Waals surface area contributed by atoms with Crippen LogP contribution in [-0.4, -0.2) is 40.2 Å². The van der Waals surface area contributed by atoms with Crippen LogP contribution in [0.25, 0.3) is 21.5 Å². The number of fused-ring (bicyclic) bond motifs is 2. The molecule has 0 heterocycles. The number of hydrogen-bond donors (Lipinski definition) is 2. The monoisotopic (exact) mass is 933 g/mol. The van der Waals surface area contributed by atoms with Gasteiger partial charge in [-0.2, -0.15) is 26.3 Å². The molecule has 0 bridgehead atoms. The van der Waals surface area contributed by atoms with Crippen LogP contribution in [-0.2, 0) is 9.53 Å². The average Bonchev–Trinajstić information content (AvgIpc) is 3.12. The second-order valence-electron chi connectivity index (χ2n) is 24.7. The first-order valence-electron chi connectivity index (χ1n) is 23.3. The number of phenolic OH excluding ortho intramolecular Hbond substituents is 1. The zero-order chi connectivity index (χ0) is 51.2. The highest BCUT2D eigenvalue weighted by molar-refractivity contribution is 5.85. The van der Waals surface area contributed by atoms with Gasteiger partial charge >= 0.3 is 18.3 Å². The molecule has 0 aliphatic rings. The molecule has 4 aromatic rings. The summed E-state index contributed by atoms with van der Waals surface area (Å²) in [4.78, 5) is 12.4. The zero-order valence-corrected chi connectivity index (χ0v) is 43.2. The Bertz CT molecular complexity index is 2140. The lowest BCUT2D eigenvalue weighted by Gasteiger charge is -2.36. The summed E-state index contributed by atoms with van der Waals surface area (Å²) >= 11 is 0. The van der Waals surface area contributed by atoms with Crippen LogP contribution in [0.1, 0.15) is 173 Å². The molecular formula is C56H82F6O4. The molecule has 372 valence electrons. The molecule has 0 spiro atoms. The molecule has 0 saturated carbocycles. The number of alkyl halides is 6. The predicted molar refractivity (Wildman–Crippen MR) is 262 cm³/mol. The Hall–Kier alpha value is -3.79. The van der Waals surface area contributed by atoms with Crippen molar-refractivity contribution in [1.82, 2.24) is 0 Å². The number of esters is 1. The van der Waals surface area contributed by atoms with Crippen molar-refractivity contribution in [2.45, 2.75) is 186 Å². The van der Waals surface area contributed by atoms with E-state index in [1.165, 1.54) is 40.1 Å². The highest BCUT2D eigenvalue weighted by Gasteiger charge is 2.70. The lowest BCUT2D eigenvalue weighted by Crippen LogP contribution is -2.58. The topological polar surface area (TPSA) is 66.8 Å². The summed E-state index contributed by atoms with van der Waals surface area (Å²) in [5.41, 5.74) is -2.05. The average molecular weight is 933 g/mol. The molecule has 0 amide bonds. The van der Waals surface area contributed by atoms with Gasteiger partial charge in [0.05, 0.1) is 5.92 Å². The van der Waals surface area contributed by atoms with Crippen molar-refractivity contribution >= 4 is 27.5 Å². The Balaban J connectivity index is 0.000000344. The maximum absolute atomic E-state index is 12.8. The van der Waals surface area contributed by atoms with E-state index in [0.29, 0.717) is 40.8 Å². The Kier molecular flexibility index (Phi) is 19.1. The van der Waals surface area contributed by atoms with E-state index in [0.717, 1.165) is 12.3 Å². The fraction of sp³-hybridized carbons (Fsp3) is 0.625. The van der Waals surface area contributed by atoms with Crippen molar-refractivity contribution in [3.8, 4) is 5.75 Å². The molecule has 4 aromatic carbocycles. The Morgan fingerprint density at radius 2 is 0.955 bits per heavy atom. The van der Waals surface area contributed by atoms with Crippen molar-refractivity contribution in [2.75, 3.05) is 0 Å². The molecule has 0 aromatic heterocycles. The number of carbonyl (C=O) groups is 1. The highest BCUT2D eigenvalue weighted by Crippen LogP contribution is 2.47. The number of carbonyl (C=O) groups excluding carboxylic acids is 1. The number of benzene rings is 4. The van der Waals surface area contributed by atoms with E-state index in [4.69, 9.17) is 4.74 Å². The number of phenols is 1. The van der Waals surface area contributed by atoms with Gasteiger partial charge in [-0.25, -0.2) is 0 Å². The number of aliphatic hydroxyl groups is 1. The minimum atomic E-state index is -5.94. The second kappa shape index (κ2) is 21.7. The molecule has 2 N–H and O–H groups in total. The van der Waals surface area contributed by atoms with Gasteiger partial charge in [0.1, 0.15) is 11.9 Å². The maximum atomic E-state index is 12.8. The van der Waals surface area contributed by atoms with Gasteiger partial charge in [0.25, 0.3) is 5.60 Å². The van der Waals surface area contributed by atoms with E-state index in [-0.39, 0.29) is 10.8 Å². The first kappa shape index (κ1) is 58.3. The molecular weight excluding hydrogens is 851 g/mol. The van der Waals surface area contributed by atoms with Crippen LogP contribution in [0.2, 0.25) is 0 Å². The Morgan fingerprint density at radius 1 is 0.530 bits per heavy atom. The zero-order valence-electron chi connectivity index (χ0n) is 43.2. The number of rotatable bonds is 10. The molecule has 4 nitrogen and oxygen atoms in total. The van der Waals surface area contributed by atoms with Crippen molar-refractivity contribution in [3.63, 3.8) is 0 Å². The Labute approximate surface area is 393 Å². The maximum Gasteiger partial charge on any atom is 0.426 e. The largest absolute Gasteiger partial charge is 0.508 e. The molecule has 0 saturated heterocycles. The van der Waals surface area contributed by atoms with Gasteiger partial charge in [-0.15, -0.1) is 0 Å². The van der Waals surface area contributed by atoms with Crippen LogP contribution in [0.5, 0.6) is 5.75 Å². The van der Waals surface area contributed by atoms with Crippen LogP contribution in [0.4, 0.5) is 26.3 Å². The molecule has 4 unspecified atom stereocenters. The highest BCUT2D eigenvalue weighted by atomic mass is 19.4. The molecule has 0 aliphatic carbocycles. The lowest BCUT2D eigenvalue weighted by atomic mass is 9.69. The van der Waals surface area contributed by atoms with Crippen LogP contribution < -0.4 is 0 Å². The summed E-state index contributed by atoms with van der Waals surface area (Å²) in [6.45, 7) is 37.3. The third-order valence-corrected chi connectivity index (χ3v) is 11.9. The van der Waals surface area contributed by atoms with E-state index < -0.39 is 47.8 Å². The van der Waals surface area contributed by atoms with Gasteiger partial charge < -0.3 is 14.9 Å². The van der Waals surface area contributed by atoms with Crippen molar-refractivity contribution in [3.05, 3.63) is 90.0 Å². The fourth-order valence-electron chi connectivity index (χ4n) is 8.33. The smallest absolute Gasteiger partial charge is 0.426 e. The number of hydrogen-bond acceptors (Lipinski definition) is 4. The number of aromatic hydroxyl groups is 1. The minimum absolute atomic E-state index is 0.234. The van der Waals surface area contributed by atoms with Gasteiger partial charge in [-0.1, -0.05) is 184 Å². The molecule has 0 radical (unpaired) electrons. The molecule has 4 atom stereocenters. The van der Waals surface area contributed by atoms with E-state index in [9.17, 15) is 41.4 Å². The van der Waals surface area contributed by atoms with Gasteiger partial charge in [-0.3, -0.25) is 4.79 Å². The molecule has 0 fully saturated rings. The molecule has 0 aliphatic heterocycles. The predicted octanol–water partition coefficient (Wildman–Crippen LogP) is 17.4. The summed E-state index contributed by atoms with van der Waals surface area (Å²) < 4.78 is 81.4. The summed E-state index contributed by atoms with van der Waals surface area (Å²) in [5, 5.41) is 23.8. The van der Waals surface area contributed by atoms with Crippen molar-refractivity contribution in [2.24, 2.45) is 38.9 Å². The van der Waals surface area contributed by atoms with Crippen LogP contribution in [0, 0.1) is 38.9 Å². The standard InChI is InChI=1S/C20H28O.C19H26.C17H28F6O3/c1-19(2,3)13-18(20(4,5)6)16-8-7-15-12-17(21)10-9-14(15)11-16;1-14(2)18(13-19(3,4)5)17-11-10-15-8-6-7-9-16(15)12-17;1-10(8-15(25,16(18,19)20)17(21,22)23)26-12(24)11(14(5,6)7)9-13(2,3)4/h7-12,18,21H,13H2,1-6H3;6-12,14,18H,13H2,1-5H3;10-11,25H,8-9H2,1-7H3. The molecule has 66 heavy (non-hydrogen) atoms. The summed E-state index contributed by atoms with van der Waals surface area (Å²) in [5.74, 6) is 0.569. The first-order valence-corrected chi connectivity index (χ1v) is 23.3. The lowest BCUT2D eigenvalue weighted by molar-refractivity contribution is -0.373. The second-order valence-corrected chi connectivity index (χ2v) is 24.7. The number of halogens is 6. The normalized spacial score (nSPS) is 15.3. The number of ether oxygens (including phenoxy) is 1. The molecule has 4 rings (SSSR count). The minimum Gasteiger partial charge on any atom is -0.508 e. The first-order chi connectivity index (χ1) is 29.5. The summed E-state index contributed by atoms with van der Waals surface area (Å²) in [6.07, 6.45) is -12.7. The van der Waals surface area contributed by atoms with Gasteiger partial charge in [0.2, 0.25) is 0 Å². The molecule has 10 heteroatoms. The SMILES string of the molecule is CC(C)(C)CC(c1ccc2cc(O)ccc2c1)C(C)(C)C.CC(C)C(CC(C)(C)C)c1ccc2ccccc2c1.CC(CC(O)(C(F)(F)F)C(F)(F)F)OC(=O)C(CC(C)(C)C)C(C)(C)C. The van der Waals surface area contributed by atoms with Crippen LogP contribution in [0.3, 0.4) is 0 Å². The quantitative estimate of drug-likeness (QED) is 0.123. The van der Waals surface area contributed by atoms with Gasteiger partial charge in [0.15, 0.2) is 0 Å². The van der Waals surface area contributed by atoms with Gasteiger partial charge in [0, 0.05) is 6.42 Å². The van der Waals surface area contributed by atoms with Crippen LogP contribution >= 0.6 is 0 Å². The Morgan fingerprint density at radius 3 is 1.41 bits per heavy atom. The fourth-order valence-corrected chi connectivity index (χ4v) is 8.33. The van der Waals surface area contributed by atoms with E-state index in [1.54, 1.807) is 26.8 Å². The summed E-state index contributed by atoms with van der Waals surface area (Å²) in [6, 6.07) is 27.8. The third kappa shape index (κ3) is 18.0. The van der Waals surface area contributed by atoms with E-state index >= 15 is 0 Å². The van der Waals surface area contributed by atoms with Crippen molar-refractivity contribution in [1.29, 1.82) is 0 Å². The van der Waals surface area contributed by atoms with Gasteiger partial charge in [-0.05, 0) is 116 Å².